The molecule has 1 aromatic carbocycles. The van der Waals surface area contributed by atoms with E-state index in [1.807, 2.05) is 6.07 Å². The minimum atomic E-state index is -0.688. The predicted molar refractivity (Wildman–Crippen MR) is 75.4 cm³/mol. The molecule has 0 aromatic heterocycles. The highest BCUT2D eigenvalue weighted by Gasteiger charge is 2.40. The lowest BCUT2D eigenvalue weighted by atomic mass is 9.82. The summed E-state index contributed by atoms with van der Waals surface area (Å²) < 4.78 is 18.7. The van der Waals surface area contributed by atoms with Gasteiger partial charge in [-0.25, -0.2) is 4.39 Å². The maximum absolute atomic E-state index is 13.7. The van der Waals surface area contributed by atoms with E-state index in [4.69, 9.17) is 4.74 Å². The Bertz CT molecular complexity index is 493. The molecular formula is C16H22FNO2. The first-order valence-corrected chi connectivity index (χ1v) is 7.38. The van der Waals surface area contributed by atoms with Crippen LogP contribution in [0, 0.1) is 5.82 Å². The third-order valence-corrected chi connectivity index (χ3v) is 4.73. The summed E-state index contributed by atoms with van der Waals surface area (Å²) in [4.78, 5) is 2.48. The van der Waals surface area contributed by atoms with Gasteiger partial charge >= 0.3 is 0 Å². The average molecular weight is 279 g/mol. The number of nitrogens with zero attached hydrogens (tertiary/aromatic N) is 1. The molecule has 2 saturated heterocycles. The summed E-state index contributed by atoms with van der Waals surface area (Å²) in [5.41, 5.74) is 0.157. The molecule has 0 radical (unpaired) electrons. The van der Waals surface area contributed by atoms with Crippen LogP contribution in [-0.2, 0) is 6.42 Å². The normalized spacial score (nSPS) is 30.2. The minimum absolute atomic E-state index is 0.256. The fourth-order valence-corrected chi connectivity index (χ4v) is 3.67. The van der Waals surface area contributed by atoms with Crippen LogP contribution in [0.3, 0.4) is 0 Å². The van der Waals surface area contributed by atoms with Gasteiger partial charge in [0.05, 0.1) is 12.7 Å². The summed E-state index contributed by atoms with van der Waals surface area (Å²) in [6.07, 6.45) is 4.52. The van der Waals surface area contributed by atoms with Gasteiger partial charge < -0.3 is 14.7 Å². The second kappa shape index (κ2) is 5.34. The van der Waals surface area contributed by atoms with E-state index in [0.29, 0.717) is 12.5 Å². The number of hydrogen-bond donors (Lipinski definition) is 1. The van der Waals surface area contributed by atoms with Crippen LogP contribution in [0.2, 0.25) is 0 Å². The molecular weight excluding hydrogens is 257 g/mol. The molecule has 2 aliphatic heterocycles. The van der Waals surface area contributed by atoms with E-state index in [2.05, 4.69) is 4.90 Å². The van der Waals surface area contributed by atoms with Gasteiger partial charge in [0.2, 0.25) is 0 Å². The molecule has 0 bridgehead atoms. The van der Waals surface area contributed by atoms with Crippen molar-refractivity contribution in [3.8, 4) is 5.75 Å². The number of methoxy groups -OCH3 is 1. The summed E-state index contributed by atoms with van der Waals surface area (Å²) in [7, 11) is 1.46. The topological polar surface area (TPSA) is 32.7 Å². The Morgan fingerprint density at radius 2 is 2.30 bits per heavy atom. The smallest absolute Gasteiger partial charge is 0.165 e. The fraction of sp³-hybridized carbons (Fsp3) is 0.625. The molecule has 1 aromatic rings. The fourth-order valence-electron chi connectivity index (χ4n) is 3.67. The highest BCUT2D eigenvalue weighted by molar-refractivity contribution is 5.30. The lowest BCUT2D eigenvalue weighted by molar-refractivity contribution is -0.0354. The Morgan fingerprint density at radius 3 is 3.05 bits per heavy atom. The van der Waals surface area contributed by atoms with Crippen molar-refractivity contribution in [3.63, 3.8) is 0 Å². The first-order valence-electron chi connectivity index (χ1n) is 7.38. The maximum atomic E-state index is 13.7. The van der Waals surface area contributed by atoms with Crippen LogP contribution >= 0.6 is 0 Å². The molecule has 2 heterocycles. The van der Waals surface area contributed by atoms with Gasteiger partial charge in [-0.1, -0.05) is 6.07 Å². The van der Waals surface area contributed by atoms with Gasteiger partial charge in [-0.3, -0.25) is 0 Å². The number of rotatable bonds is 3. The van der Waals surface area contributed by atoms with Crippen molar-refractivity contribution in [2.24, 2.45) is 0 Å². The Morgan fingerprint density at radius 1 is 1.45 bits per heavy atom. The van der Waals surface area contributed by atoms with Crippen LogP contribution in [0.25, 0.3) is 0 Å². The molecule has 3 nitrogen and oxygen atoms in total. The van der Waals surface area contributed by atoms with Crippen LogP contribution in [0.4, 0.5) is 4.39 Å². The SMILES string of the molecule is COc1ccc(CC2(O)CCN3CCCC3C2)cc1F. The molecule has 2 atom stereocenters. The summed E-state index contributed by atoms with van der Waals surface area (Å²) in [5.74, 6) is -0.0988. The van der Waals surface area contributed by atoms with E-state index >= 15 is 0 Å². The van der Waals surface area contributed by atoms with E-state index in [9.17, 15) is 9.50 Å². The predicted octanol–water partition coefficient (Wildman–Crippen LogP) is 2.37. The average Bonchev–Trinajstić information content (AvgIpc) is 2.85. The van der Waals surface area contributed by atoms with Crippen LogP contribution in [0.5, 0.6) is 5.75 Å². The van der Waals surface area contributed by atoms with Crippen molar-refractivity contribution >= 4 is 0 Å². The first-order chi connectivity index (χ1) is 9.59. The number of fused-ring (bicyclic) bond motifs is 1. The van der Waals surface area contributed by atoms with E-state index in [0.717, 1.165) is 31.5 Å². The molecule has 20 heavy (non-hydrogen) atoms. The summed E-state index contributed by atoms with van der Waals surface area (Å²) >= 11 is 0. The van der Waals surface area contributed by atoms with Crippen molar-refractivity contribution in [3.05, 3.63) is 29.6 Å². The van der Waals surface area contributed by atoms with Crippen molar-refractivity contribution in [1.82, 2.24) is 4.90 Å². The Balaban J connectivity index is 1.71. The lowest BCUT2D eigenvalue weighted by Gasteiger charge is -2.41. The largest absolute Gasteiger partial charge is 0.494 e. The van der Waals surface area contributed by atoms with E-state index in [-0.39, 0.29) is 11.6 Å². The third-order valence-electron chi connectivity index (χ3n) is 4.73. The van der Waals surface area contributed by atoms with Gasteiger partial charge in [-0.15, -0.1) is 0 Å². The quantitative estimate of drug-likeness (QED) is 0.922. The van der Waals surface area contributed by atoms with Crippen molar-refractivity contribution in [2.75, 3.05) is 20.2 Å². The molecule has 2 aliphatic rings. The number of ether oxygens (including phenoxy) is 1. The van der Waals surface area contributed by atoms with Gasteiger partial charge in [-0.2, -0.15) is 0 Å². The van der Waals surface area contributed by atoms with Crippen molar-refractivity contribution < 1.29 is 14.2 Å². The van der Waals surface area contributed by atoms with Crippen molar-refractivity contribution in [2.45, 2.75) is 43.7 Å². The maximum Gasteiger partial charge on any atom is 0.165 e. The van der Waals surface area contributed by atoms with Crippen LogP contribution in [-0.4, -0.2) is 41.8 Å². The van der Waals surface area contributed by atoms with Gasteiger partial charge in [0, 0.05) is 19.0 Å². The number of piperidine rings is 1. The molecule has 0 aliphatic carbocycles. The Kier molecular flexibility index (Phi) is 3.69. The molecule has 0 spiro atoms. The number of hydrogen-bond acceptors (Lipinski definition) is 3. The molecule has 0 amide bonds. The second-order valence-corrected chi connectivity index (χ2v) is 6.16. The Hall–Kier alpha value is -1.13. The van der Waals surface area contributed by atoms with Crippen LogP contribution in [0.1, 0.15) is 31.2 Å². The lowest BCUT2D eigenvalue weighted by Crippen LogP contribution is -2.48. The summed E-state index contributed by atoms with van der Waals surface area (Å²) in [6.45, 7) is 2.12. The number of benzene rings is 1. The zero-order valence-corrected chi connectivity index (χ0v) is 11.9. The third kappa shape index (κ3) is 2.67. The number of halogens is 1. The molecule has 3 rings (SSSR count). The zero-order chi connectivity index (χ0) is 14.2. The zero-order valence-electron chi connectivity index (χ0n) is 11.9. The van der Waals surface area contributed by atoms with E-state index < -0.39 is 5.60 Å². The van der Waals surface area contributed by atoms with Gasteiger partial charge in [0.1, 0.15) is 0 Å². The summed E-state index contributed by atoms with van der Waals surface area (Å²) in [5, 5.41) is 10.8. The van der Waals surface area contributed by atoms with Crippen LogP contribution < -0.4 is 4.74 Å². The van der Waals surface area contributed by atoms with E-state index in [1.54, 1.807) is 6.07 Å². The number of aliphatic hydroxyl groups is 1. The second-order valence-electron chi connectivity index (χ2n) is 6.16. The molecule has 4 heteroatoms. The first kappa shape index (κ1) is 13.8. The van der Waals surface area contributed by atoms with E-state index in [1.165, 1.54) is 26.0 Å². The highest BCUT2D eigenvalue weighted by Crippen LogP contribution is 2.35. The van der Waals surface area contributed by atoms with Crippen molar-refractivity contribution in [1.29, 1.82) is 0 Å². The van der Waals surface area contributed by atoms with Gasteiger partial charge in [-0.05, 0) is 49.9 Å². The van der Waals surface area contributed by atoms with Gasteiger partial charge in [0.15, 0.2) is 11.6 Å². The molecule has 1 N–H and O–H groups in total. The minimum Gasteiger partial charge on any atom is -0.494 e. The molecule has 2 fully saturated rings. The molecule has 0 saturated carbocycles. The molecule has 2 unspecified atom stereocenters. The molecule has 110 valence electrons. The highest BCUT2D eigenvalue weighted by atomic mass is 19.1. The van der Waals surface area contributed by atoms with Gasteiger partial charge in [0.25, 0.3) is 0 Å². The summed E-state index contributed by atoms with van der Waals surface area (Å²) in [6, 6.07) is 5.48. The Labute approximate surface area is 119 Å². The van der Waals surface area contributed by atoms with Crippen LogP contribution in [0.15, 0.2) is 18.2 Å². The standard InChI is InChI=1S/C16H22FNO2/c1-20-15-5-4-12(9-14(15)17)10-16(19)6-8-18-7-2-3-13(18)11-16/h4-5,9,13,19H,2-3,6-8,10-11H2,1H3. The monoisotopic (exact) mass is 279 g/mol.